The molecule has 62 valence electrons. The first-order valence-electron chi connectivity index (χ1n) is 3.97. The van der Waals surface area contributed by atoms with E-state index < -0.39 is 0 Å². The maximum absolute atomic E-state index is 4.41. The molecule has 13 heavy (non-hydrogen) atoms. The maximum atomic E-state index is 4.41. The van der Waals surface area contributed by atoms with Crippen molar-refractivity contribution in [3.05, 3.63) is 35.7 Å². The molecule has 0 bridgehead atoms. The Balaban J connectivity index is 0.000000845. The van der Waals surface area contributed by atoms with Gasteiger partial charge in [-0.05, 0) is 26.0 Å². The molecule has 0 fully saturated rings. The number of nitrogens with zero attached hydrogens (tertiary/aromatic N) is 2. The van der Waals surface area contributed by atoms with Gasteiger partial charge in [0.15, 0.2) is 0 Å². The van der Waals surface area contributed by atoms with Crippen LogP contribution >= 0.6 is 0 Å². The van der Waals surface area contributed by atoms with E-state index in [2.05, 4.69) is 9.97 Å². The van der Waals surface area contributed by atoms with Crippen LogP contribution in [-0.2, 0) is 0 Å². The summed E-state index contributed by atoms with van der Waals surface area (Å²) >= 11 is 0. The van der Waals surface area contributed by atoms with E-state index in [-0.39, 0.29) is 29.6 Å². The second-order valence-electron chi connectivity index (χ2n) is 2.88. The van der Waals surface area contributed by atoms with Crippen molar-refractivity contribution in [2.75, 3.05) is 0 Å². The van der Waals surface area contributed by atoms with Gasteiger partial charge >= 0.3 is 29.6 Å². The van der Waals surface area contributed by atoms with E-state index in [1.807, 2.05) is 38.1 Å². The zero-order valence-electron chi connectivity index (χ0n) is 7.20. The van der Waals surface area contributed by atoms with Crippen molar-refractivity contribution in [1.29, 1.82) is 0 Å². The Morgan fingerprint density at radius 3 is 1.62 bits per heavy atom. The van der Waals surface area contributed by atoms with Crippen LogP contribution in [0, 0.1) is 13.8 Å². The molecule has 2 aromatic rings. The van der Waals surface area contributed by atoms with E-state index in [0.29, 0.717) is 0 Å². The fourth-order valence-electron chi connectivity index (χ4n) is 1.18. The fourth-order valence-corrected chi connectivity index (χ4v) is 1.18. The average molecular weight is 182 g/mol. The summed E-state index contributed by atoms with van der Waals surface area (Å²) in [4.78, 5) is 8.83. The van der Waals surface area contributed by atoms with Crippen LogP contribution in [0.2, 0.25) is 0 Å². The van der Waals surface area contributed by atoms with Gasteiger partial charge < -0.3 is 0 Å². The first-order valence-corrected chi connectivity index (χ1v) is 3.97. The summed E-state index contributed by atoms with van der Waals surface area (Å²) in [5.74, 6) is 0. The minimum atomic E-state index is 0. The molecule has 3 heteroatoms. The van der Waals surface area contributed by atoms with Gasteiger partial charge in [-0.15, -0.1) is 0 Å². The van der Waals surface area contributed by atoms with Gasteiger partial charge in [0, 0.05) is 0 Å². The molecule has 0 atom stereocenters. The molecule has 0 aliphatic rings. The molecule has 1 aromatic carbocycles. The molecule has 0 spiro atoms. The summed E-state index contributed by atoms with van der Waals surface area (Å²) in [5.41, 5.74) is 3.96. The summed E-state index contributed by atoms with van der Waals surface area (Å²) in [6.45, 7) is 3.96. The number of para-hydroxylation sites is 2. The van der Waals surface area contributed by atoms with Crippen molar-refractivity contribution >= 4 is 40.6 Å². The van der Waals surface area contributed by atoms with Crippen LogP contribution in [0.5, 0.6) is 0 Å². The zero-order valence-corrected chi connectivity index (χ0v) is 7.20. The molecule has 2 nitrogen and oxygen atoms in total. The number of aryl methyl sites for hydroxylation is 2. The first-order chi connectivity index (χ1) is 5.77. The summed E-state index contributed by atoms with van der Waals surface area (Å²) < 4.78 is 0. The predicted molar refractivity (Wildman–Crippen MR) is 56.2 cm³/mol. The molecule has 0 amide bonds. The molecule has 0 radical (unpaired) electrons. The van der Waals surface area contributed by atoms with Gasteiger partial charge in [0.25, 0.3) is 0 Å². The molecule has 0 saturated heterocycles. The molecule has 1 aromatic heterocycles. The predicted octanol–water partition coefficient (Wildman–Crippen LogP) is 1.60. The van der Waals surface area contributed by atoms with Gasteiger partial charge in [0.2, 0.25) is 0 Å². The van der Waals surface area contributed by atoms with Gasteiger partial charge in [0.05, 0.1) is 22.4 Å². The van der Waals surface area contributed by atoms with Crippen LogP contribution < -0.4 is 0 Å². The number of hydrogen-bond donors (Lipinski definition) is 0. The van der Waals surface area contributed by atoms with Crippen molar-refractivity contribution in [3.8, 4) is 0 Å². The standard InChI is InChI=1S/C10H10N2.Na.H/c1-7-8(2)12-10-6-4-3-5-9(10)11-7;;/h3-6H,1-2H3;;. The molecule has 2 rings (SSSR count). The second kappa shape index (κ2) is 4.18. The van der Waals surface area contributed by atoms with Crippen molar-refractivity contribution in [3.63, 3.8) is 0 Å². The Hall–Kier alpha value is -0.440. The van der Waals surface area contributed by atoms with E-state index in [0.717, 1.165) is 22.4 Å². The summed E-state index contributed by atoms with van der Waals surface area (Å²) in [5, 5.41) is 0. The number of hydrogen-bond acceptors (Lipinski definition) is 2. The third-order valence-corrected chi connectivity index (χ3v) is 1.98. The van der Waals surface area contributed by atoms with E-state index >= 15 is 0 Å². The minimum absolute atomic E-state index is 0. The SMILES string of the molecule is Cc1nc2ccccc2nc1C.[NaH]. The van der Waals surface area contributed by atoms with Crippen molar-refractivity contribution in [1.82, 2.24) is 9.97 Å². The van der Waals surface area contributed by atoms with Crippen molar-refractivity contribution < 1.29 is 0 Å². The molecule has 0 aliphatic heterocycles. The first kappa shape index (κ1) is 10.6. The zero-order chi connectivity index (χ0) is 8.55. The van der Waals surface area contributed by atoms with Gasteiger partial charge in [-0.25, -0.2) is 9.97 Å². The topological polar surface area (TPSA) is 25.8 Å². The summed E-state index contributed by atoms with van der Waals surface area (Å²) in [7, 11) is 0. The number of rotatable bonds is 0. The number of fused-ring (bicyclic) bond motifs is 1. The van der Waals surface area contributed by atoms with E-state index in [4.69, 9.17) is 0 Å². The van der Waals surface area contributed by atoms with Crippen LogP contribution in [0.1, 0.15) is 11.4 Å². The molecule has 0 aliphatic carbocycles. The van der Waals surface area contributed by atoms with Gasteiger partial charge in [-0.2, -0.15) is 0 Å². The second-order valence-corrected chi connectivity index (χ2v) is 2.88. The Labute approximate surface area is 99.7 Å². The van der Waals surface area contributed by atoms with Crippen molar-refractivity contribution in [2.24, 2.45) is 0 Å². The molecule has 0 saturated carbocycles. The third kappa shape index (κ3) is 2.08. The Morgan fingerprint density at radius 1 is 0.846 bits per heavy atom. The quantitative estimate of drug-likeness (QED) is 0.578. The normalized spacial score (nSPS) is 9.69. The Morgan fingerprint density at radius 2 is 1.23 bits per heavy atom. The van der Waals surface area contributed by atoms with Gasteiger partial charge in [-0.1, -0.05) is 12.1 Å². The molecule has 0 N–H and O–H groups in total. The van der Waals surface area contributed by atoms with Gasteiger partial charge in [-0.3, -0.25) is 0 Å². The average Bonchev–Trinajstić information content (AvgIpc) is 2.07. The van der Waals surface area contributed by atoms with E-state index in [9.17, 15) is 0 Å². The van der Waals surface area contributed by atoms with Crippen molar-refractivity contribution in [2.45, 2.75) is 13.8 Å². The van der Waals surface area contributed by atoms with E-state index in [1.165, 1.54) is 0 Å². The van der Waals surface area contributed by atoms with Crippen LogP contribution in [0.3, 0.4) is 0 Å². The number of aromatic nitrogens is 2. The third-order valence-electron chi connectivity index (χ3n) is 1.98. The van der Waals surface area contributed by atoms with Crippen LogP contribution in [0.25, 0.3) is 11.0 Å². The fraction of sp³-hybridized carbons (Fsp3) is 0.200. The molecule has 0 unspecified atom stereocenters. The molecule has 1 heterocycles. The summed E-state index contributed by atoms with van der Waals surface area (Å²) in [6, 6.07) is 7.92. The number of benzene rings is 1. The van der Waals surface area contributed by atoms with Crippen LogP contribution in [0.15, 0.2) is 24.3 Å². The van der Waals surface area contributed by atoms with Crippen LogP contribution in [-0.4, -0.2) is 39.5 Å². The Kier molecular flexibility index (Phi) is 3.42. The Bertz CT molecular complexity index is 386. The van der Waals surface area contributed by atoms with Gasteiger partial charge in [0.1, 0.15) is 0 Å². The molecular weight excluding hydrogens is 171 g/mol. The molecular formula is C10H11N2Na. The monoisotopic (exact) mass is 182 g/mol. The summed E-state index contributed by atoms with van der Waals surface area (Å²) in [6.07, 6.45) is 0. The van der Waals surface area contributed by atoms with Crippen LogP contribution in [0.4, 0.5) is 0 Å². The van der Waals surface area contributed by atoms with E-state index in [1.54, 1.807) is 0 Å².